The molecule has 0 spiro atoms. The van der Waals surface area contributed by atoms with E-state index in [4.69, 9.17) is 4.42 Å². The summed E-state index contributed by atoms with van der Waals surface area (Å²) in [6.07, 6.45) is 2.73. The molecule has 0 amide bonds. The van der Waals surface area contributed by atoms with E-state index >= 15 is 0 Å². The lowest BCUT2D eigenvalue weighted by Gasteiger charge is -2.14. The van der Waals surface area contributed by atoms with Gasteiger partial charge in [-0.2, -0.15) is 0 Å². The van der Waals surface area contributed by atoms with E-state index in [0.29, 0.717) is 0 Å². The zero-order valence-electron chi connectivity index (χ0n) is 11.8. The minimum atomic E-state index is 0.0694. The van der Waals surface area contributed by atoms with Gasteiger partial charge in [-0.3, -0.25) is 4.98 Å². The number of nitrogens with one attached hydrogen (secondary N) is 1. The Morgan fingerprint density at radius 2 is 2.10 bits per heavy atom. The van der Waals surface area contributed by atoms with Crippen molar-refractivity contribution in [3.05, 3.63) is 65.7 Å². The maximum atomic E-state index is 5.87. The molecule has 2 heterocycles. The molecule has 0 radical (unpaired) electrons. The Morgan fingerprint density at radius 3 is 2.85 bits per heavy atom. The van der Waals surface area contributed by atoms with Gasteiger partial charge in [0.2, 0.25) is 0 Å². The van der Waals surface area contributed by atoms with Crippen molar-refractivity contribution in [2.45, 2.75) is 19.4 Å². The second kappa shape index (κ2) is 5.47. The molecule has 0 aliphatic heterocycles. The Kier molecular flexibility index (Phi) is 3.52. The van der Waals surface area contributed by atoms with Gasteiger partial charge < -0.3 is 9.73 Å². The van der Waals surface area contributed by atoms with Crippen molar-refractivity contribution in [3.8, 4) is 0 Å². The van der Waals surface area contributed by atoms with Crippen LogP contribution < -0.4 is 5.32 Å². The second-order valence-corrected chi connectivity index (χ2v) is 4.83. The molecule has 2 aromatic heterocycles. The van der Waals surface area contributed by atoms with E-state index in [1.54, 1.807) is 0 Å². The first kappa shape index (κ1) is 12.9. The number of hydrogen-bond acceptors (Lipinski definition) is 3. The fourth-order valence-electron chi connectivity index (χ4n) is 2.49. The summed E-state index contributed by atoms with van der Waals surface area (Å²) in [5, 5.41) is 4.47. The third kappa shape index (κ3) is 2.32. The van der Waals surface area contributed by atoms with Crippen LogP contribution in [-0.4, -0.2) is 12.0 Å². The lowest BCUT2D eigenvalue weighted by Crippen LogP contribution is -2.16. The Bertz CT molecular complexity index is 718. The average Bonchev–Trinajstić information content (AvgIpc) is 2.97. The van der Waals surface area contributed by atoms with E-state index < -0.39 is 0 Å². The van der Waals surface area contributed by atoms with Crippen LogP contribution in [0.2, 0.25) is 0 Å². The van der Waals surface area contributed by atoms with Crippen LogP contribution >= 0.6 is 0 Å². The molecule has 3 heteroatoms. The van der Waals surface area contributed by atoms with Crippen LogP contribution in [0, 0.1) is 0 Å². The Balaban J connectivity index is 2.02. The van der Waals surface area contributed by atoms with Crippen molar-refractivity contribution in [1.82, 2.24) is 10.3 Å². The number of fused-ring (bicyclic) bond motifs is 1. The van der Waals surface area contributed by atoms with Crippen molar-refractivity contribution < 1.29 is 4.42 Å². The van der Waals surface area contributed by atoms with Gasteiger partial charge in [0.25, 0.3) is 0 Å². The first-order valence-electron chi connectivity index (χ1n) is 6.92. The van der Waals surface area contributed by atoms with Crippen LogP contribution in [0.5, 0.6) is 0 Å². The molecule has 0 saturated carbocycles. The predicted octanol–water partition coefficient (Wildman–Crippen LogP) is 3.70. The number of pyridine rings is 1. The summed E-state index contributed by atoms with van der Waals surface area (Å²) < 4.78 is 5.87. The van der Waals surface area contributed by atoms with E-state index in [9.17, 15) is 0 Å². The lowest BCUT2D eigenvalue weighted by atomic mass is 10.0. The normalized spacial score (nSPS) is 12.7. The lowest BCUT2D eigenvalue weighted by molar-refractivity contribution is 0.434. The summed E-state index contributed by atoms with van der Waals surface area (Å²) in [7, 11) is 1.95. The number of furan rings is 1. The summed E-state index contributed by atoms with van der Waals surface area (Å²) in [5.41, 5.74) is 2.20. The Hall–Kier alpha value is -2.13. The molecular weight excluding hydrogens is 248 g/mol. The van der Waals surface area contributed by atoms with Crippen LogP contribution in [0.3, 0.4) is 0 Å². The van der Waals surface area contributed by atoms with Crippen LogP contribution in [0.15, 0.2) is 53.1 Å². The summed E-state index contributed by atoms with van der Waals surface area (Å²) in [5.74, 6) is 1.97. The molecule has 0 saturated heterocycles. The monoisotopic (exact) mass is 266 g/mol. The highest BCUT2D eigenvalue weighted by molar-refractivity contribution is 5.79. The summed E-state index contributed by atoms with van der Waals surface area (Å²) >= 11 is 0. The second-order valence-electron chi connectivity index (χ2n) is 4.83. The molecule has 3 rings (SSSR count). The highest BCUT2D eigenvalue weighted by atomic mass is 16.3. The first-order valence-corrected chi connectivity index (χ1v) is 6.92. The van der Waals surface area contributed by atoms with Crippen molar-refractivity contribution >= 4 is 10.9 Å². The SMILES string of the molecule is CCc1ccc(C(NC)c2ccc3ncccc3c2)o1. The van der Waals surface area contributed by atoms with Gasteiger partial charge in [-0.25, -0.2) is 0 Å². The van der Waals surface area contributed by atoms with Crippen LogP contribution in [-0.2, 0) is 6.42 Å². The minimum absolute atomic E-state index is 0.0694. The van der Waals surface area contributed by atoms with E-state index in [2.05, 4.69) is 41.5 Å². The minimum Gasteiger partial charge on any atom is -0.464 e. The molecule has 0 aliphatic carbocycles. The summed E-state index contributed by atoms with van der Waals surface area (Å²) in [6, 6.07) is 14.5. The molecular formula is C17H18N2O. The number of benzene rings is 1. The number of aryl methyl sites for hydroxylation is 1. The number of hydrogen-bond donors (Lipinski definition) is 1. The third-order valence-corrected chi connectivity index (χ3v) is 3.56. The van der Waals surface area contributed by atoms with Gasteiger partial charge >= 0.3 is 0 Å². The van der Waals surface area contributed by atoms with Gasteiger partial charge in [0.1, 0.15) is 11.5 Å². The molecule has 102 valence electrons. The first-order chi connectivity index (χ1) is 9.81. The Morgan fingerprint density at radius 1 is 1.20 bits per heavy atom. The maximum Gasteiger partial charge on any atom is 0.125 e. The molecule has 1 atom stereocenters. The zero-order valence-corrected chi connectivity index (χ0v) is 11.8. The van der Waals surface area contributed by atoms with Crippen LogP contribution in [0.4, 0.5) is 0 Å². The van der Waals surface area contributed by atoms with E-state index in [0.717, 1.165) is 28.8 Å². The van der Waals surface area contributed by atoms with E-state index in [-0.39, 0.29) is 6.04 Å². The van der Waals surface area contributed by atoms with Gasteiger partial charge in [-0.15, -0.1) is 0 Å². The predicted molar refractivity (Wildman–Crippen MR) is 80.7 cm³/mol. The summed E-state index contributed by atoms with van der Waals surface area (Å²) in [4.78, 5) is 4.35. The van der Waals surface area contributed by atoms with Crippen molar-refractivity contribution in [1.29, 1.82) is 0 Å². The molecule has 20 heavy (non-hydrogen) atoms. The molecule has 0 bridgehead atoms. The standard InChI is InChI=1S/C17H18N2O/c1-3-14-7-9-16(20-14)17(18-2)13-6-8-15-12(11-13)5-4-10-19-15/h4-11,17-18H,3H2,1-2H3. The van der Waals surface area contributed by atoms with Crippen molar-refractivity contribution in [2.75, 3.05) is 7.05 Å². The Labute approximate surface area is 118 Å². The smallest absolute Gasteiger partial charge is 0.125 e. The van der Waals surface area contributed by atoms with Crippen LogP contribution in [0.1, 0.15) is 30.0 Å². The number of nitrogens with zero attached hydrogens (tertiary/aromatic N) is 1. The van der Waals surface area contributed by atoms with Gasteiger partial charge in [0.05, 0.1) is 11.6 Å². The molecule has 3 aromatic rings. The van der Waals surface area contributed by atoms with Crippen molar-refractivity contribution in [3.63, 3.8) is 0 Å². The zero-order chi connectivity index (χ0) is 13.9. The molecule has 1 aromatic carbocycles. The number of rotatable bonds is 4. The van der Waals surface area contributed by atoms with Gasteiger partial charge in [0.15, 0.2) is 0 Å². The molecule has 1 N–H and O–H groups in total. The topological polar surface area (TPSA) is 38.1 Å². The highest BCUT2D eigenvalue weighted by Gasteiger charge is 2.16. The third-order valence-electron chi connectivity index (χ3n) is 3.56. The number of aromatic nitrogens is 1. The van der Waals surface area contributed by atoms with Gasteiger partial charge in [-0.05, 0) is 42.9 Å². The average molecular weight is 266 g/mol. The van der Waals surface area contributed by atoms with E-state index in [1.807, 2.05) is 31.4 Å². The van der Waals surface area contributed by atoms with E-state index in [1.165, 1.54) is 5.56 Å². The summed E-state index contributed by atoms with van der Waals surface area (Å²) in [6.45, 7) is 2.10. The maximum absolute atomic E-state index is 5.87. The van der Waals surface area contributed by atoms with Gasteiger partial charge in [-0.1, -0.05) is 19.1 Å². The molecule has 0 aliphatic rings. The largest absolute Gasteiger partial charge is 0.464 e. The fraction of sp³-hybridized carbons (Fsp3) is 0.235. The van der Waals surface area contributed by atoms with Crippen molar-refractivity contribution in [2.24, 2.45) is 0 Å². The van der Waals surface area contributed by atoms with Crippen LogP contribution in [0.25, 0.3) is 10.9 Å². The molecule has 1 unspecified atom stereocenters. The molecule has 0 fully saturated rings. The fourth-order valence-corrected chi connectivity index (χ4v) is 2.49. The quantitative estimate of drug-likeness (QED) is 0.782. The van der Waals surface area contributed by atoms with Gasteiger partial charge in [0, 0.05) is 18.0 Å². The molecule has 3 nitrogen and oxygen atoms in total. The highest BCUT2D eigenvalue weighted by Crippen LogP contribution is 2.26.